The van der Waals surface area contributed by atoms with Crippen molar-refractivity contribution in [1.29, 1.82) is 0 Å². The van der Waals surface area contributed by atoms with E-state index in [1.165, 1.54) is 17.3 Å². The average molecular weight is 381 g/mol. The summed E-state index contributed by atoms with van der Waals surface area (Å²) in [6.45, 7) is 10.1. The minimum atomic E-state index is -0.0490. The van der Waals surface area contributed by atoms with Crippen LogP contribution in [-0.2, 0) is 4.79 Å². The first-order chi connectivity index (χ1) is 12.9. The van der Waals surface area contributed by atoms with Crippen molar-refractivity contribution in [2.24, 2.45) is 0 Å². The number of anilines is 1. The summed E-state index contributed by atoms with van der Waals surface area (Å²) in [5.74, 6) is 1.03. The number of thioether (sulfide) groups is 1. The van der Waals surface area contributed by atoms with E-state index in [-0.39, 0.29) is 11.7 Å². The monoisotopic (exact) mass is 380 g/mol. The van der Waals surface area contributed by atoms with Gasteiger partial charge in [0.2, 0.25) is 5.91 Å². The van der Waals surface area contributed by atoms with E-state index in [2.05, 4.69) is 47.6 Å². The van der Waals surface area contributed by atoms with E-state index >= 15 is 0 Å². The Morgan fingerprint density at radius 2 is 1.67 bits per heavy atom. The molecule has 0 radical (unpaired) electrons. The van der Waals surface area contributed by atoms with E-state index in [9.17, 15) is 4.79 Å². The molecular formula is C21H24N4OS. The molecule has 3 aromatic rings. The summed E-state index contributed by atoms with van der Waals surface area (Å²) in [5.41, 5.74) is 6.40. The second-order valence-corrected chi connectivity index (χ2v) is 7.70. The van der Waals surface area contributed by atoms with E-state index in [1.807, 2.05) is 43.5 Å². The Morgan fingerprint density at radius 1 is 1.00 bits per heavy atom. The van der Waals surface area contributed by atoms with Crippen molar-refractivity contribution in [3.8, 4) is 5.69 Å². The first kappa shape index (κ1) is 19.2. The highest BCUT2D eigenvalue weighted by Crippen LogP contribution is 2.25. The number of para-hydroxylation sites is 1. The van der Waals surface area contributed by atoms with Crippen LogP contribution in [0.15, 0.2) is 41.6 Å². The standard InChI is InChI=1S/C21H24N4OS/c1-13-10-15(3)20(16(4)11-13)22-19(26)12-27-21-24-23-17(5)25(21)18-9-7-6-8-14(18)2/h6-11H,12H2,1-5H3,(H,22,26). The van der Waals surface area contributed by atoms with Gasteiger partial charge in [-0.05, 0) is 57.4 Å². The van der Waals surface area contributed by atoms with Crippen LogP contribution in [-0.4, -0.2) is 26.4 Å². The lowest BCUT2D eigenvalue weighted by Gasteiger charge is -2.13. The Bertz CT molecular complexity index is 971. The highest BCUT2D eigenvalue weighted by atomic mass is 32.2. The molecule has 0 aliphatic heterocycles. The number of amides is 1. The van der Waals surface area contributed by atoms with Gasteiger partial charge in [-0.2, -0.15) is 0 Å². The number of hydrogen-bond acceptors (Lipinski definition) is 4. The molecule has 0 saturated carbocycles. The third kappa shape index (κ3) is 4.22. The van der Waals surface area contributed by atoms with Gasteiger partial charge >= 0.3 is 0 Å². The Labute approximate surface area is 164 Å². The maximum Gasteiger partial charge on any atom is 0.234 e. The minimum absolute atomic E-state index is 0.0490. The van der Waals surface area contributed by atoms with Gasteiger partial charge in [0.05, 0.1) is 11.4 Å². The minimum Gasteiger partial charge on any atom is -0.325 e. The lowest BCUT2D eigenvalue weighted by Crippen LogP contribution is -2.16. The lowest BCUT2D eigenvalue weighted by molar-refractivity contribution is -0.113. The summed E-state index contributed by atoms with van der Waals surface area (Å²) in [6, 6.07) is 12.2. The van der Waals surface area contributed by atoms with Gasteiger partial charge in [0, 0.05) is 5.69 Å². The van der Waals surface area contributed by atoms with Crippen molar-refractivity contribution in [3.05, 3.63) is 64.5 Å². The first-order valence-electron chi connectivity index (χ1n) is 8.85. The molecule has 0 bridgehead atoms. The fraction of sp³-hybridized carbons (Fsp3) is 0.286. The van der Waals surface area contributed by atoms with E-state index in [1.54, 1.807) is 0 Å². The molecule has 0 aliphatic rings. The van der Waals surface area contributed by atoms with Crippen LogP contribution >= 0.6 is 11.8 Å². The van der Waals surface area contributed by atoms with Crippen LogP contribution < -0.4 is 5.32 Å². The second kappa shape index (κ2) is 7.96. The quantitative estimate of drug-likeness (QED) is 0.660. The molecule has 0 unspecified atom stereocenters. The van der Waals surface area contributed by atoms with Crippen LogP contribution in [0.25, 0.3) is 5.69 Å². The Morgan fingerprint density at radius 3 is 2.33 bits per heavy atom. The predicted molar refractivity (Wildman–Crippen MR) is 111 cm³/mol. The van der Waals surface area contributed by atoms with Crippen LogP contribution in [0.4, 0.5) is 5.69 Å². The van der Waals surface area contributed by atoms with Crippen molar-refractivity contribution in [1.82, 2.24) is 14.8 Å². The molecule has 0 spiro atoms. The van der Waals surface area contributed by atoms with Crippen molar-refractivity contribution in [2.75, 3.05) is 11.1 Å². The van der Waals surface area contributed by atoms with E-state index in [0.29, 0.717) is 5.16 Å². The Hall–Kier alpha value is -2.60. The molecule has 27 heavy (non-hydrogen) atoms. The van der Waals surface area contributed by atoms with Gasteiger partial charge in [-0.25, -0.2) is 0 Å². The van der Waals surface area contributed by atoms with Gasteiger partial charge in [0.15, 0.2) is 5.16 Å². The summed E-state index contributed by atoms with van der Waals surface area (Å²) < 4.78 is 2.00. The fourth-order valence-electron chi connectivity index (χ4n) is 3.21. The molecule has 1 heterocycles. The van der Waals surface area contributed by atoms with E-state index in [4.69, 9.17) is 0 Å². The molecule has 0 fully saturated rings. The fourth-order valence-corrected chi connectivity index (χ4v) is 4.00. The van der Waals surface area contributed by atoms with Crippen molar-refractivity contribution in [2.45, 2.75) is 39.8 Å². The Kier molecular flexibility index (Phi) is 5.65. The second-order valence-electron chi connectivity index (χ2n) is 6.76. The molecule has 0 saturated heterocycles. The topological polar surface area (TPSA) is 59.8 Å². The molecular weight excluding hydrogens is 356 g/mol. The molecule has 140 valence electrons. The largest absolute Gasteiger partial charge is 0.325 e. The molecule has 1 N–H and O–H groups in total. The number of nitrogens with one attached hydrogen (secondary N) is 1. The van der Waals surface area contributed by atoms with Crippen LogP contribution in [0.2, 0.25) is 0 Å². The van der Waals surface area contributed by atoms with Crippen LogP contribution in [0.3, 0.4) is 0 Å². The number of rotatable bonds is 5. The van der Waals surface area contributed by atoms with Gasteiger partial charge in [0.25, 0.3) is 0 Å². The SMILES string of the molecule is Cc1cc(C)c(NC(=O)CSc2nnc(C)n2-c2ccccc2C)c(C)c1. The zero-order valence-electron chi connectivity index (χ0n) is 16.3. The normalized spacial score (nSPS) is 10.9. The van der Waals surface area contributed by atoms with Gasteiger partial charge in [0.1, 0.15) is 5.82 Å². The molecule has 1 amide bonds. The van der Waals surface area contributed by atoms with E-state index < -0.39 is 0 Å². The van der Waals surface area contributed by atoms with Gasteiger partial charge in [-0.1, -0.05) is 47.7 Å². The molecule has 0 aliphatic carbocycles. The number of nitrogens with zero attached hydrogens (tertiary/aromatic N) is 3. The Balaban J connectivity index is 1.75. The first-order valence-corrected chi connectivity index (χ1v) is 9.84. The highest BCUT2D eigenvalue weighted by molar-refractivity contribution is 7.99. The maximum absolute atomic E-state index is 12.5. The number of carbonyl (C=O) groups excluding carboxylic acids is 1. The summed E-state index contributed by atoms with van der Waals surface area (Å²) in [6.07, 6.45) is 0. The summed E-state index contributed by atoms with van der Waals surface area (Å²) in [7, 11) is 0. The smallest absolute Gasteiger partial charge is 0.234 e. The summed E-state index contributed by atoms with van der Waals surface area (Å²) in [4.78, 5) is 12.5. The summed E-state index contributed by atoms with van der Waals surface area (Å²) in [5, 5.41) is 12.2. The maximum atomic E-state index is 12.5. The van der Waals surface area contributed by atoms with Crippen LogP contribution in [0.5, 0.6) is 0 Å². The number of aryl methyl sites for hydroxylation is 5. The van der Waals surface area contributed by atoms with Crippen molar-refractivity contribution >= 4 is 23.4 Å². The zero-order valence-corrected chi connectivity index (χ0v) is 17.1. The number of carbonyl (C=O) groups is 1. The van der Waals surface area contributed by atoms with E-state index in [0.717, 1.165) is 33.9 Å². The third-order valence-corrected chi connectivity index (χ3v) is 5.35. The molecule has 2 aromatic carbocycles. The molecule has 5 nitrogen and oxygen atoms in total. The van der Waals surface area contributed by atoms with Crippen molar-refractivity contribution < 1.29 is 4.79 Å². The molecule has 3 rings (SSSR count). The van der Waals surface area contributed by atoms with Gasteiger partial charge < -0.3 is 5.32 Å². The van der Waals surface area contributed by atoms with Gasteiger partial charge in [-0.3, -0.25) is 9.36 Å². The number of benzene rings is 2. The third-order valence-electron chi connectivity index (χ3n) is 4.43. The zero-order chi connectivity index (χ0) is 19.6. The molecule has 1 aromatic heterocycles. The van der Waals surface area contributed by atoms with Crippen molar-refractivity contribution in [3.63, 3.8) is 0 Å². The number of aromatic nitrogens is 3. The lowest BCUT2D eigenvalue weighted by atomic mass is 10.1. The number of hydrogen-bond donors (Lipinski definition) is 1. The highest BCUT2D eigenvalue weighted by Gasteiger charge is 2.15. The molecule has 0 atom stereocenters. The summed E-state index contributed by atoms with van der Waals surface area (Å²) >= 11 is 1.39. The van der Waals surface area contributed by atoms with Crippen LogP contribution in [0, 0.1) is 34.6 Å². The van der Waals surface area contributed by atoms with Gasteiger partial charge in [-0.15, -0.1) is 10.2 Å². The average Bonchev–Trinajstić information content (AvgIpc) is 2.97. The van der Waals surface area contributed by atoms with Crippen LogP contribution in [0.1, 0.15) is 28.1 Å². The molecule has 6 heteroatoms. The predicted octanol–water partition coefficient (Wildman–Crippen LogP) is 4.54.